The van der Waals surface area contributed by atoms with Crippen LogP contribution >= 0.6 is 0 Å². The van der Waals surface area contributed by atoms with E-state index in [0.717, 1.165) is 31.2 Å². The number of benzene rings is 1. The smallest absolute Gasteiger partial charge is 0.123 e. The third-order valence-corrected chi connectivity index (χ3v) is 4.04. The van der Waals surface area contributed by atoms with E-state index in [1.54, 1.807) is 0 Å². The van der Waals surface area contributed by atoms with E-state index in [9.17, 15) is 0 Å². The van der Waals surface area contributed by atoms with Crippen molar-refractivity contribution >= 4 is 0 Å². The molecule has 0 bridgehead atoms. The minimum Gasteiger partial charge on any atom is -0.490 e. The number of fused-ring (bicyclic) bond motifs is 1. The summed E-state index contributed by atoms with van der Waals surface area (Å²) in [5.74, 6) is 1.98. The number of ether oxygens (including phenoxy) is 1. The average molecular weight is 231 g/mol. The molecule has 1 aromatic carbocycles. The molecular weight excluding hydrogens is 210 g/mol. The van der Waals surface area contributed by atoms with Crippen LogP contribution in [0.2, 0.25) is 0 Å². The molecule has 2 atom stereocenters. The summed E-state index contributed by atoms with van der Waals surface area (Å²) in [6.45, 7) is 4.40. The summed E-state index contributed by atoms with van der Waals surface area (Å²) >= 11 is 0. The highest BCUT2D eigenvalue weighted by molar-refractivity contribution is 5.41. The van der Waals surface area contributed by atoms with Crippen molar-refractivity contribution in [2.45, 2.75) is 45.3 Å². The maximum atomic E-state index is 6.22. The molecule has 2 aliphatic rings. The van der Waals surface area contributed by atoms with Gasteiger partial charge in [-0.3, -0.25) is 0 Å². The molecule has 1 aromatic rings. The SMILES string of the molecule is CC1CCC(Oc2cccc3c2CCNC3)C1. The number of rotatable bonds is 2. The molecule has 92 valence electrons. The molecule has 0 saturated heterocycles. The van der Waals surface area contributed by atoms with Crippen LogP contribution in [0, 0.1) is 5.92 Å². The Balaban J connectivity index is 1.78. The summed E-state index contributed by atoms with van der Waals surface area (Å²) in [6.07, 6.45) is 5.33. The molecular formula is C15H21NO. The fourth-order valence-electron chi connectivity index (χ4n) is 3.05. The Morgan fingerprint density at radius 1 is 1.29 bits per heavy atom. The van der Waals surface area contributed by atoms with E-state index in [1.807, 2.05) is 0 Å². The number of hydrogen-bond acceptors (Lipinski definition) is 2. The Labute approximate surface area is 103 Å². The van der Waals surface area contributed by atoms with Crippen molar-refractivity contribution in [1.29, 1.82) is 0 Å². The van der Waals surface area contributed by atoms with Gasteiger partial charge in [0.1, 0.15) is 5.75 Å². The Morgan fingerprint density at radius 2 is 2.24 bits per heavy atom. The van der Waals surface area contributed by atoms with E-state index in [0.29, 0.717) is 6.10 Å². The molecule has 2 heteroatoms. The van der Waals surface area contributed by atoms with Crippen LogP contribution in [-0.2, 0) is 13.0 Å². The molecule has 0 amide bonds. The fourth-order valence-corrected chi connectivity index (χ4v) is 3.05. The van der Waals surface area contributed by atoms with Gasteiger partial charge in [0, 0.05) is 6.54 Å². The van der Waals surface area contributed by atoms with Gasteiger partial charge in [-0.1, -0.05) is 19.1 Å². The third kappa shape index (κ3) is 2.32. The first-order valence-corrected chi connectivity index (χ1v) is 6.81. The maximum Gasteiger partial charge on any atom is 0.123 e. The fraction of sp³-hybridized carbons (Fsp3) is 0.600. The van der Waals surface area contributed by atoms with Gasteiger partial charge in [0.2, 0.25) is 0 Å². The van der Waals surface area contributed by atoms with Crippen molar-refractivity contribution in [2.24, 2.45) is 5.92 Å². The van der Waals surface area contributed by atoms with Gasteiger partial charge < -0.3 is 10.1 Å². The molecule has 0 aromatic heterocycles. The second-order valence-electron chi connectivity index (χ2n) is 5.48. The quantitative estimate of drug-likeness (QED) is 0.845. The third-order valence-electron chi connectivity index (χ3n) is 4.04. The summed E-state index contributed by atoms with van der Waals surface area (Å²) < 4.78 is 6.22. The standard InChI is InChI=1S/C15H21NO/c1-11-5-6-13(9-11)17-15-4-2-3-12-10-16-8-7-14(12)15/h2-4,11,13,16H,5-10H2,1H3. The second kappa shape index (κ2) is 4.69. The van der Waals surface area contributed by atoms with Crippen LogP contribution < -0.4 is 10.1 Å². The molecule has 1 fully saturated rings. The van der Waals surface area contributed by atoms with E-state index in [4.69, 9.17) is 4.74 Å². The van der Waals surface area contributed by atoms with Gasteiger partial charge in [0.15, 0.2) is 0 Å². The van der Waals surface area contributed by atoms with Crippen molar-refractivity contribution in [3.05, 3.63) is 29.3 Å². The zero-order chi connectivity index (χ0) is 11.7. The molecule has 17 heavy (non-hydrogen) atoms. The van der Waals surface area contributed by atoms with E-state index in [1.165, 1.54) is 30.4 Å². The van der Waals surface area contributed by atoms with Gasteiger partial charge in [-0.15, -0.1) is 0 Å². The monoisotopic (exact) mass is 231 g/mol. The van der Waals surface area contributed by atoms with Crippen LogP contribution in [-0.4, -0.2) is 12.6 Å². The van der Waals surface area contributed by atoms with Crippen LogP contribution in [0.3, 0.4) is 0 Å². The van der Waals surface area contributed by atoms with Gasteiger partial charge in [-0.25, -0.2) is 0 Å². The van der Waals surface area contributed by atoms with Crippen LogP contribution in [0.15, 0.2) is 18.2 Å². The Kier molecular flexibility index (Phi) is 3.06. The summed E-state index contributed by atoms with van der Waals surface area (Å²) in [7, 11) is 0. The highest BCUT2D eigenvalue weighted by Crippen LogP contribution is 2.32. The summed E-state index contributed by atoms with van der Waals surface area (Å²) in [5.41, 5.74) is 2.85. The van der Waals surface area contributed by atoms with Crippen LogP contribution in [0.4, 0.5) is 0 Å². The van der Waals surface area contributed by atoms with Crippen LogP contribution in [0.25, 0.3) is 0 Å². The van der Waals surface area contributed by atoms with Gasteiger partial charge in [-0.2, -0.15) is 0 Å². The van der Waals surface area contributed by atoms with Crippen molar-refractivity contribution < 1.29 is 4.74 Å². The maximum absolute atomic E-state index is 6.22. The molecule has 0 spiro atoms. The lowest BCUT2D eigenvalue weighted by atomic mass is 10.00. The lowest BCUT2D eigenvalue weighted by Gasteiger charge is -2.22. The van der Waals surface area contributed by atoms with Gasteiger partial charge >= 0.3 is 0 Å². The predicted octanol–water partition coefficient (Wildman–Crippen LogP) is 2.90. The first-order chi connectivity index (χ1) is 8.33. The molecule has 0 radical (unpaired) electrons. The van der Waals surface area contributed by atoms with Crippen LogP contribution in [0.5, 0.6) is 5.75 Å². The van der Waals surface area contributed by atoms with Crippen molar-refractivity contribution in [3.8, 4) is 5.75 Å². The molecule has 2 nitrogen and oxygen atoms in total. The molecule has 1 aliphatic carbocycles. The van der Waals surface area contributed by atoms with Gasteiger partial charge in [0.05, 0.1) is 6.10 Å². The topological polar surface area (TPSA) is 21.3 Å². The molecule has 1 N–H and O–H groups in total. The second-order valence-corrected chi connectivity index (χ2v) is 5.48. The zero-order valence-electron chi connectivity index (χ0n) is 10.5. The van der Waals surface area contributed by atoms with Crippen molar-refractivity contribution in [1.82, 2.24) is 5.32 Å². The lowest BCUT2D eigenvalue weighted by Crippen LogP contribution is -2.25. The molecule has 3 rings (SSSR count). The lowest BCUT2D eigenvalue weighted by molar-refractivity contribution is 0.203. The molecule has 2 unspecified atom stereocenters. The van der Waals surface area contributed by atoms with E-state index in [2.05, 4.69) is 30.4 Å². The number of hydrogen-bond donors (Lipinski definition) is 1. The first-order valence-electron chi connectivity index (χ1n) is 6.81. The zero-order valence-corrected chi connectivity index (χ0v) is 10.5. The molecule has 1 heterocycles. The largest absolute Gasteiger partial charge is 0.490 e. The Morgan fingerprint density at radius 3 is 3.06 bits per heavy atom. The first kappa shape index (κ1) is 11.1. The number of nitrogens with one attached hydrogen (secondary N) is 1. The highest BCUT2D eigenvalue weighted by atomic mass is 16.5. The minimum absolute atomic E-state index is 0.450. The average Bonchev–Trinajstić information content (AvgIpc) is 2.75. The van der Waals surface area contributed by atoms with Crippen molar-refractivity contribution in [2.75, 3.05) is 6.54 Å². The normalized spacial score (nSPS) is 27.8. The summed E-state index contributed by atoms with van der Waals surface area (Å²) in [6, 6.07) is 6.48. The highest BCUT2D eigenvalue weighted by Gasteiger charge is 2.24. The molecule has 1 saturated carbocycles. The van der Waals surface area contributed by atoms with Gasteiger partial charge in [0.25, 0.3) is 0 Å². The predicted molar refractivity (Wildman–Crippen MR) is 69.3 cm³/mol. The Bertz CT molecular complexity index is 402. The van der Waals surface area contributed by atoms with E-state index in [-0.39, 0.29) is 0 Å². The summed E-state index contributed by atoms with van der Waals surface area (Å²) in [5, 5.41) is 3.41. The van der Waals surface area contributed by atoms with Crippen LogP contribution in [0.1, 0.15) is 37.3 Å². The van der Waals surface area contributed by atoms with E-state index < -0.39 is 0 Å². The minimum atomic E-state index is 0.450. The molecule has 1 aliphatic heterocycles. The Hall–Kier alpha value is -1.02. The summed E-state index contributed by atoms with van der Waals surface area (Å²) in [4.78, 5) is 0. The van der Waals surface area contributed by atoms with Crippen molar-refractivity contribution in [3.63, 3.8) is 0 Å². The van der Waals surface area contributed by atoms with Gasteiger partial charge in [-0.05, 0) is 55.3 Å². The van der Waals surface area contributed by atoms with E-state index >= 15 is 0 Å².